The summed E-state index contributed by atoms with van der Waals surface area (Å²) in [5, 5.41) is 8.90. The molecule has 0 spiro atoms. The maximum Gasteiger partial charge on any atom is 0.323 e. The lowest BCUT2D eigenvalue weighted by molar-refractivity contribution is -0.146. The van der Waals surface area contributed by atoms with E-state index in [1.165, 1.54) is 16.7 Å². The fourth-order valence-electron chi connectivity index (χ4n) is 1.74. The van der Waals surface area contributed by atoms with Crippen LogP contribution in [0.15, 0.2) is 30.3 Å². The van der Waals surface area contributed by atoms with E-state index in [9.17, 15) is 9.59 Å². The molecule has 0 saturated carbocycles. The molecule has 0 aromatic heterocycles. The Kier molecular flexibility index (Phi) is 6.07. The Labute approximate surface area is 124 Å². The van der Waals surface area contributed by atoms with Gasteiger partial charge in [-0.25, -0.2) is 0 Å². The van der Waals surface area contributed by atoms with Crippen molar-refractivity contribution in [1.82, 2.24) is 4.90 Å². The first-order valence-electron chi connectivity index (χ1n) is 6.44. The van der Waals surface area contributed by atoms with Crippen LogP contribution in [0.1, 0.15) is 26.3 Å². The number of carboxylic acids is 1. The lowest BCUT2D eigenvalue weighted by Gasteiger charge is -2.34. The Hall–Kier alpha value is -1.49. The molecular weight excluding hydrogens is 274 g/mol. The summed E-state index contributed by atoms with van der Waals surface area (Å²) >= 11 is 1.50. The minimum Gasteiger partial charge on any atom is -0.480 e. The van der Waals surface area contributed by atoms with Gasteiger partial charge < -0.3 is 10.0 Å². The number of aliphatic carboxylic acids is 1. The summed E-state index contributed by atoms with van der Waals surface area (Å²) < 4.78 is 0. The third-order valence-corrected chi connectivity index (χ3v) is 3.73. The van der Waals surface area contributed by atoms with E-state index in [0.29, 0.717) is 5.75 Å². The van der Waals surface area contributed by atoms with Crippen molar-refractivity contribution >= 4 is 23.6 Å². The van der Waals surface area contributed by atoms with E-state index in [1.807, 2.05) is 51.1 Å². The predicted octanol–water partition coefficient (Wildman–Crippen LogP) is 2.63. The van der Waals surface area contributed by atoms with Gasteiger partial charge in [0.1, 0.15) is 6.54 Å². The van der Waals surface area contributed by atoms with Crippen molar-refractivity contribution in [2.45, 2.75) is 32.1 Å². The van der Waals surface area contributed by atoms with Crippen LogP contribution in [0, 0.1) is 0 Å². The van der Waals surface area contributed by atoms with Gasteiger partial charge in [0, 0.05) is 11.3 Å². The van der Waals surface area contributed by atoms with Crippen LogP contribution < -0.4 is 0 Å². The number of hydrogen-bond donors (Lipinski definition) is 1. The predicted molar refractivity (Wildman–Crippen MR) is 81.7 cm³/mol. The zero-order valence-electron chi connectivity index (χ0n) is 12.1. The molecule has 1 N–H and O–H groups in total. The number of carbonyl (C=O) groups is 2. The SMILES string of the molecule is CC(C)(C)N(CC(=O)O)C(=O)CSCc1ccccc1. The zero-order valence-corrected chi connectivity index (χ0v) is 12.9. The standard InChI is InChI=1S/C15H21NO3S/c1-15(2,3)16(9-14(18)19)13(17)11-20-10-12-7-5-4-6-8-12/h4-8H,9-11H2,1-3H3,(H,18,19). The van der Waals surface area contributed by atoms with Crippen LogP contribution in [0.25, 0.3) is 0 Å². The molecule has 0 saturated heterocycles. The molecule has 0 atom stereocenters. The molecule has 1 aromatic rings. The Morgan fingerprint density at radius 1 is 1.20 bits per heavy atom. The Morgan fingerprint density at radius 2 is 1.80 bits per heavy atom. The van der Waals surface area contributed by atoms with Crippen LogP contribution in [-0.2, 0) is 15.3 Å². The number of nitrogens with zero attached hydrogens (tertiary/aromatic N) is 1. The molecule has 5 heteroatoms. The smallest absolute Gasteiger partial charge is 0.323 e. The van der Waals surface area contributed by atoms with Crippen LogP contribution in [0.3, 0.4) is 0 Å². The van der Waals surface area contributed by atoms with Gasteiger partial charge in [-0.3, -0.25) is 9.59 Å². The average molecular weight is 295 g/mol. The highest BCUT2D eigenvalue weighted by atomic mass is 32.2. The number of carboxylic acid groups (broad SMARTS) is 1. The number of benzene rings is 1. The van der Waals surface area contributed by atoms with Crippen LogP contribution >= 0.6 is 11.8 Å². The second-order valence-corrected chi connectivity index (χ2v) is 6.51. The van der Waals surface area contributed by atoms with Gasteiger partial charge in [-0.2, -0.15) is 0 Å². The van der Waals surface area contributed by atoms with Crippen LogP contribution in [0.2, 0.25) is 0 Å². The molecule has 0 aliphatic rings. The topological polar surface area (TPSA) is 57.6 Å². The van der Waals surface area contributed by atoms with E-state index in [0.717, 1.165) is 11.3 Å². The second-order valence-electron chi connectivity index (χ2n) is 5.52. The van der Waals surface area contributed by atoms with Crippen molar-refractivity contribution < 1.29 is 14.7 Å². The average Bonchev–Trinajstić information content (AvgIpc) is 2.35. The Bertz CT molecular complexity index is 454. The van der Waals surface area contributed by atoms with Crippen molar-refractivity contribution in [2.24, 2.45) is 0 Å². The maximum absolute atomic E-state index is 12.2. The summed E-state index contributed by atoms with van der Waals surface area (Å²) in [6.45, 7) is 5.27. The number of amides is 1. The van der Waals surface area contributed by atoms with E-state index in [4.69, 9.17) is 5.11 Å². The summed E-state index contributed by atoms with van der Waals surface area (Å²) in [5.74, 6) is -0.0842. The van der Waals surface area contributed by atoms with E-state index in [2.05, 4.69) is 0 Å². The number of rotatable bonds is 6. The molecule has 0 aliphatic heterocycles. The highest BCUT2D eigenvalue weighted by Gasteiger charge is 2.27. The summed E-state index contributed by atoms with van der Waals surface area (Å²) in [4.78, 5) is 24.4. The van der Waals surface area contributed by atoms with Crippen LogP contribution in [0.4, 0.5) is 0 Å². The van der Waals surface area contributed by atoms with E-state index < -0.39 is 11.5 Å². The van der Waals surface area contributed by atoms with Crippen molar-refractivity contribution in [3.8, 4) is 0 Å². The molecule has 0 fully saturated rings. The third-order valence-electron chi connectivity index (χ3n) is 2.74. The van der Waals surface area contributed by atoms with Gasteiger partial charge in [-0.15, -0.1) is 11.8 Å². The van der Waals surface area contributed by atoms with Gasteiger partial charge in [0.05, 0.1) is 5.75 Å². The van der Waals surface area contributed by atoms with E-state index in [-0.39, 0.29) is 12.5 Å². The van der Waals surface area contributed by atoms with Crippen molar-refractivity contribution in [1.29, 1.82) is 0 Å². The molecule has 1 aromatic carbocycles. The van der Waals surface area contributed by atoms with Gasteiger partial charge >= 0.3 is 5.97 Å². The molecule has 1 amide bonds. The number of carbonyl (C=O) groups excluding carboxylic acids is 1. The van der Waals surface area contributed by atoms with Crippen LogP contribution in [-0.4, -0.2) is 39.7 Å². The molecule has 0 radical (unpaired) electrons. The highest BCUT2D eigenvalue weighted by molar-refractivity contribution is 7.99. The molecule has 0 heterocycles. The van der Waals surface area contributed by atoms with Crippen molar-refractivity contribution in [2.75, 3.05) is 12.3 Å². The zero-order chi connectivity index (χ0) is 15.2. The normalized spacial score (nSPS) is 11.2. The first-order valence-corrected chi connectivity index (χ1v) is 7.60. The molecule has 0 aliphatic carbocycles. The first kappa shape index (κ1) is 16.6. The summed E-state index contributed by atoms with van der Waals surface area (Å²) in [6, 6.07) is 9.90. The van der Waals surface area contributed by atoms with Gasteiger partial charge in [0.2, 0.25) is 5.91 Å². The lowest BCUT2D eigenvalue weighted by atomic mass is 10.1. The quantitative estimate of drug-likeness (QED) is 0.876. The Balaban J connectivity index is 2.52. The highest BCUT2D eigenvalue weighted by Crippen LogP contribution is 2.17. The van der Waals surface area contributed by atoms with Crippen molar-refractivity contribution in [3.63, 3.8) is 0 Å². The van der Waals surface area contributed by atoms with Gasteiger partial charge in [0.15, 0.2) is 0 Å². The maximum atomic E-state index is 12.2. The fraction of sp³-hybridized carbons (Fsp3) is 0.467. The summed E-state index contributed by atoms with van der Waals surface area (Å²) in [7, 11) is 0. The molecular formula is C15H21NO3S. The van der Waals surface area contributed by atoms with E-state index >= 15 is 0 Å². The van der Waals surface area contributed by atoms with Crippen molar-refractivity contribution in [3.05, 3.63) is 35.9 Å². The van der Waals surface area contributed by atoms with Gasteiger partial charge in [0.25, 0.3) is 0 Å². The second kappa shape index (κ2) is 7.33. The lowest BCUT2D eigenvalue weighted by Crippen LogP contribution is -2.49. The Morgan fingerprint density at radius 3 is 2.30 bits per heavy atom. The molecule has 110 valence electrons. The summed E-state index contributed by atoms with van der Waals surface area (Å²) in [5.41, 5.74) is 0.675. The molecule has 20 heavy (non-hydrogen) atoms. The molecule has 4 nitrogen and oxygen atoms in total. The number of thioether (sulfide) groups is 1. The first-order chi connectivity index (χ1) is 9.30. The fourth-order valence-corrected chi connectivity index (χ4v) is 2.60. The molecule has 0 bridgehead atoms. The van der Waals surface area contributed by atoms with Gasteiger partial charge in [-0.1, -0.05) is 30.3 Å². The minimum absolute atomic E-state index is 0.138. The monoisotopic (exact) mass is 295 g/mol. The third kappa shape index (κ3) is 5.65. The minimum atomic E-state index is -0.985. The van der Waals surface area contributed by atoms with E-state index in [1.54, 1.807) is 0 Å². The largest absolute Gasteiger partial charge is 0.480 e. The van der Waals surface area contributed by atoms with Gasteiger partial charge in [-0.05, 0) is 26.3 Å². The molecule has 1 rings (SSSR count). The number of hydrogen-bond acceptors (Lipinski definition) is 3. The summed E-state index contributed by atoms with van der Waals surface area (Å²) in [6.07, 6.45) is 0. The van der Waals surface area contributed by atoms with Crippen LogP contribution in [0.5, 0.6) is 0 Å². The molecule has 0 unspecified atom stereocenters.